The van der Waals surface area contributed by atoms with Crippen molar-refractivity contribution in [1.29, 1.82) is 0 Å². The second-order valence-corrected chi connectivity index (χ2v) is 5.72. The molecule has 1 atom stereocenters. The fourth-order valence-electron chi connectivity index (χ4n) is 2.87. The number of carbonyl (C=O) groups is 1. The lowest BCUT2D eigenvalue weighted by Gasteiger charge is -2.25. The second kappa shape index (κ2) is 6.83. The number of benzene rings is 1. The van der Waals surface area contributed by atoms with Gasteiger partial charge in [-0.05, 0) is 38.6 Å². The van der Waals surface area contributed by atoms with Crippen LogP contribution in [0.1, 0.15) is 28.6 Å². The van der Waals surface area contributed by atoms with Crippen LogP contribution >= 0.6 is 0 Å². The number of aryl methyl sites for hydroxylation is 2. The van der Waals surface area contributed by atoms with E-state index in [2.05, 4.69) is 5.10 Å². The minimum absolute atomic E-state index is 0.502. The van der Waals surface area contributed by atoms with E-state index in [0.717, 1.165) is 28.3 Å². The van der Waals surface area contributed by atoms with Crippen LogP contribution in [0, 0.1) is 13.8 Å². The van der Waals surface area contributed by atoms with Gasteiger partial charge < -0.3 is 9.84 Å². The highest BCUT2D eigenvalue weighted by Crippen LogP contribution is 2.27. The van der Waals surface area contributed by atoms with Gasteiger partial charge in [-0.15, -0.1) is 0 Å². The maximum atomic E-state index is 11.9. The number of aromatic nitrogens is 2. The molecule has 1 N–H and O–H groups in total. The Kier molecular flexibility index (Phi) is 5.05. The quantitative estimate of drug-likeness (QED) is 0.885. The highest BCUT2D eigenvalue weighted by atomic mass is 16.5. The predicted molar refractivity (Wildman–Crippen MR) is 87.5 cm³/mol. The monoisotopic (exact) mass is 317 g/mol. The molecule has 0 aliphatic rings. The molecule has 0 fully saturated rings. The molecule has 0 bridgehead atoms. The molecule has 0 aliphatic carbocycles. The third-order valence-corrected chi connectivity index (χ3v) is 4.08. The summed E-state index contributed by atoms with van der Waals surface area (Å²) < 4.78 is 6.94. The topological polar surface area (TPSA) is 67.6 Å². The van der Waals surface area contributed by atoms with Crippen molar-refractivity contribution < 1.29 is 14.6 Å². The van der Waals surface area contributed by atoms with Crippen LogP contribution in [0.4, 0.5) is 0 Å². The van der Waals surface area contributed by atoms with Gasteiger partial charge in [0.2, 0.25) is 0 Å². The number of likely N-dealkylation sites (N-methyl/N-ethyl adjacent to an activating group) is 1. The van der Waals surface area contributed by atoms with Crippen molar-refractivity contribution in [2.24, 2.45) is 7.05 Å². The minimum atomic E-state index is -0.880. The van der Waals surface area contributed by atoms with Gasteiger partial charge in [-0.3, -0.25) is 14.4 Å². The van der Waals surface area contributed by atoms with E-state index in [1.807, 2.05) is 57.1 Å². The standard InChI is InChI=1S/C17H23N3O3/c1-11-15(12(2)20(4)18-11)16(17(21)22)19(3)10-13-7-6-8-14(9-13)23-5/h6-9,16H,10H2,1-5H3,(H,21,22). The lowest BCUT2D eigenvalue weighted by Crippen LogP contribution is -2.31. The molecule has 23 heavy (non-hydrogen) atoms. The fourth-order valence-corrected chi connectivity index (χ4v) is 2.87. The smallest absolute Gasteiger partial charge is 0.325 e. The molecule has 1 heterocycles. The summed E-state index contributed by atoms with van der Waals surface area (Å²) in [6.45, 7) is 4.24. The van der Waals surface area contributed by atoms with Gasteiger partial charge in [0.15, 0.2) is 0 Å². The number of aliphatic carboxylic acids is 1. The van der Waals surface area contributed by atoms with E-state index in [1.165, 1.54) is 0 Å². The molecule has 6 heteroatoms. The Morgan fingerprint density at radius 3 is 2.65 bits per heavy atom. The lowest BCUT2D eigenvalue weighted by atomic mass is 10.0. The molecule has 1 aromatic heterocycles. The average Bonchev–Trinajstić information content (AvgIpc) is 2.74. The van der Waals surface area contributed by atoms with Gasteiger partial charge >= 0.3 is 5.97 Å². The molecular formula is C17H23N3O3. The van der Waals surface area contributed by atoms with Crippen molar-refractivity contribution >= 4 is 5.97 Å². The second-order valence-electron chi connectivity index (χ2n) is 5.72. The summed E-state index contributed by atoms with van der Waals surface area (Å²) in [6.07, 6.45) is 0. The molecule has 124 valence electrons. The van der Waals surface area contributed by atoms with Crippen LogP contribution in [0.15, 0.2) is 24.3 Å². The number of carboxylic acid groups (broad SMARTS) is 1. The molecule has 2 rings (SSSR count). The third kappa shape index (κ3) is 3.53. The summed E-state index contributed by atoms with van der Waals surface area (Å²) in [6, 6.07) is 6.90. The lowest BCUT2D eigenvalue weighted by molar-refractivity contribution is -0.143. The third-order valence-electron chi connectivity index (χ3n) is 4.08. The van der Waals surface area contributed by atoms with Crippen molar-refractivity contribution in [3.63, 3.8) is 0 Å². The van der Waals surface area contributed by atoms with Gasteiger partial charge in [0.1, 0.15) is 11.8 Å². The minimum Gasteiger partial charge on any atom is -0.497 e. The number of ether oxygens (including phenoxy) is 1. The van der Waals surface area contributed by atoms with Crippen LogP contribution in [0.2, 0.25) is 0 Å². The van der Waals surface area contributed by atoms with Crippen LogP contribution in [-0.4, -0.2) is 39.9 Å². The van der Waals surface area contributed by atoms with E-state index in [9.17, 15) is 9.90 Å². The highest BCUT2D eigenvalue weighted by molar-refractivity contribution is 5.76. The Morgan fingerprint density at radius 1 is 1.43 bits per heavy atom. The maximum Gasteiger partial charge on any atom is 0.325 e. The number of rotatable bonds is 6. The van der Waals surface area contributed by atoms with Crippen molar-refractivity contribution in [2.45, 2.75) is 26.4 Å². The summed E-state index contributed by atoms with van der Waals surface area (Å²) in [5.74, 6) is -0.119. The molecule has 0 amide bonds. The molecule has 2 aromatic rings. The summed E-state index contributed by atoms with van der Waals surface area (Å²) in [7, 11) is 5.25. The van der Waals surface area contributed by atoms with Gasteiger partial charge in [0.05, 0.1) is 12.8 Å². The van der Waals surface area contributed by atoms with Crippen LogP contribution in [0.25, 0.3) is 0 Å². The molecule has 0 saturated carbocycles. The molecule has 1 aromatic carbocycles. The molecule has 1 unspecified atom stereocenters. The molecule has 6 nitrogen and oxygen atoms in total. The van der Waals surface area contributed by atoms with E-state index in [1.54, 1.807) is 11.8 Å². The Balaban J connectivity index is 2.32. The van der Waals surface area contributed by atoms with Crippen molar-refractivity contribution in [3.8, 4) is 5.75 Å². The first-order valence-electron chi connectivity index (χ1n) is 7.41. The Labute approximate surface area is 136 Å². The first-order valence-corrected chi connectivity index (χ1v) is 7.41. The summed E-state index contributed by atoms with van der Waals surface area (Å²) >= 11 is 0. The molecule has 0 radical (unpaired) electrons. The fraction of sp³-hybridized carbons (Fsp3) is 0.412. The first-order chi connectivity index (χ1) is 10.8. The number of carboxylic acids is 1. The summed E-state index contributed by atoms with van der Waals surface area (Å²) in [5.41, 5.74) is 3.37. The molecule has 0 spiro atoms. The van der Waals surface area contributed by atoms with E-state index in [-0.39, 0.29) is 0 Å². The van der Waals surface area contributed by atoms with Gasteiger partial charge in [0.25, 0.3) is 0 Å². The van der Waals surface area contributed by atoms with Crippen LogP contribution in [0.5, 0.6) is 5.75 Å². The summed E-state index contributed by atoms with van der Waals surface area (Å²) in [5, 5.41) is 14.1. The van der Waals surface area contributed by atoms with E-state index < -0.39 is 12.0 Å². The normalized spacial score (nSPS) is 12.4. The van der Waals surface area contributed by atoms with Crippen molar-refractivity contribution in [2.75, 3.05) is 14.2 Å². The maximum absolute atomic E-state index is 11.9. The highest BCUT2D eigenvalue weighted by Gasteiger charge is 2.30. The first kappa shape index (κ1) is 17.0. The zero-order chi connectivity index (χ0) is 17.1. The number of methoxy groups -OCH3 is 1. The Morgan fingerprint density at radius 2 is 2.13 bits per heavy atom. The van der Waals surface area contributed by atoms with Crippen LogP contribution in [-0.2, 0) is 18.4 Å². The number of hydrogen-bond donors (Lipinski definition) is 1. The summed E-state index contributed by atoms with van der Waals surface area (Å²) in [4.78, 5) is 13.7. The van der Waals surface area contributed by atoms with Crippen LogP contribution in [0.3, 0.4) is 0 Å². The van der Waals surface area contributed by atoms with Crippen molar-refractivity contribution in [1.82, 2.24) is 14.7 Å². The van der Waals surface area contributed by atoms with Gasteiger partial charge in [-0.25, -0.2) is 0 Å². The Hall–Kier alpha value is -2.34. The zero-order valence-corrected chi connectivity index (χ0v) is 14.2. The zero-order valence-electron chi connectivity index (χ0n) is 14.2. The molecule has 0 saturated heterocycles. The van der Waals surface area contributed by atoms with E-state index in [0.29, 0.717) is 6.54 Å². The molecule has 0 aliphatic heterocycles. The van der Waals surface area contributed by atoms with E-state index >= 15 is 0 Å². The van der Waals surface area contributed by atoms with Gasteiger partial charge in [0, 0.05) is 24.8 Å². The number of nitrogens with zero attached hydrogens (tertiary/aromatic N) is 3. The predicted octanol–water partition coefficient (Wildman–Crippen LogP) is 2.30. The van der Waals surface area contributed by atoms with E-state index in [4.69, 9.17) is 4.74 Å². The SMILES string of the molecule is COc1cccc(CN(C)C(C(=O)O)c2c(C)nn(C)c2C)c1. The largest absolute Gasteiger partial charge is 0.497 e. The molecular weight excluding hydrogens is 294 g/mol. The van der Waals surface area contributed by atoms with Gasteiger partial charge in [-0.1, -0.05) is 12.1 Å². The average molecular weight is 317 g/mol. The Bertz CT molecular complexity index is 709. The number of hydrogen-bond acceptors (Lipinski definition) is 4. The van der Waals surface area contributed by atoms with Gasteiger partial charge in [-0.2, -0.15) is 5.10 Å². The van der Waals surface area contributed by atoms with Crippen LogP contribution < -0.4 is 4.74 Å². The van der Waals surface area contributed by atoms with Crippen molar-refractivity contribution in [3.05, 3.63) is 46.8 Å².